The highest BCUT2D eigenvalue weighted by Crippen LogP contribution is 2.20. The van der Waals surface area contributed by atoms with Crippen molar-refractivity contribution < 1.29 is 23.9 Å². The first-order chi connectivity index (χ1) is 6.60. The van der Waals surface area contributed by atoms with Crippen molar-refractivity contribution in [2.45, 2.75) is 18.6 Å². The minimum Gasteiger partial charge on any atom is -0.468 e. The lowest BCUT2D eigenvalue weighted by Crippen LogP contribution is -2.32. The van der Waals surface area contributed by atoms with Gasteiger partial charge in [-0.1, -0.05) is 0 Å². The molecule has 1 aliphatic heterocycles. The van der Waals surface area contributed by atoms with Gasteiger partial charge in [-0.15, -0.1) is 0 Å². The molecule has 1 fully saturated rings. The Balaban J connectivity index is 2.59. The predicted octanol–water partition coefficient (Wildman–Crippen LogP) is -0.663. The summed E-state index contributed by atoms with van der Waals surface area (Å²) in [6.07, 6.45) is -0.454. The number of esters is 2. The minimum atomic E-state index is -0.714. The van der Waals surface area contributed by atoms with Crippen molar-refractivity contribution in [2.75, 3.05) is 21.3 Å². The minimum absolute atomic E-state index is 0.260. The third-order valence-corrected chi connectivity index (χ3v) is 2.11. The van der Waals surface area contributed by atoms with Gasteiger partial charge in [0.25, 0.3) is 0 Å². The van der Waals surface area contributed by atoms with Crippen molar-refractivity contribution in [3.8, 4) is 0 Å². The highest BCUT2D eigenvalue weighted by Gasteiger charge is 2.40. The summed E-state index contributed by atoms with van der Waals surface area (Å²) in [6.45, 7) is 0. The number of hydrogen-bond acceptors (Lipinski definition) is 6. The third kappa shape index (κ3) is 2.02. The molecule has 0 aromatic rings. The van der Waals surface area contributed by atoms with Crippen LogP contribution in [-0.4, -0.2) is 50.4 Å². The normalized spacial score (nSPS) is 27.4. The quantitative estimate of drug-likeness (QED) is 0.555. The van der Waals surface area contributed by atoms with Crippen LogP contribution in [0.3, 0.4) is 0 Å². The van der Waals surface area contributed by atoms with Gasteiger partial charge in [0.15, 0.2) is 6.10 Å². The number of methoxy groups -OCH3 is 2. The van der Waals surface area contributed by atoms with Crippen LogP contribution in [-0.2, 0) is 23.9 Å². The first kappa shape index (κ1) is 10.9. The van der Waals surface area contributed by atoms with Gasteiger partial charge < -0.3 is 9.47 Å². The van der Waals surface area contributed by atoms with E-state index < -0.39 is 24.1 Å². The number of carbonyl (C=O) groups is 2. The Kier molecular flexibility index (Phi) is 3.43. The highest BCUT2D eigenvalue weighted by atomic mass is 16.7. The average Bonchev–Trinajstić information content (AvgIpc) is 2.58. The van der Waals surface area contributed by atoms with Crippen molar-refractivity contribution in [2.24, 2.45) is 0 Å². The van der Waals surface area contributed by atoms with Gasteiger partial charge in [-0.25, -0.2) is 4.79 Å². The Morgan fingerprint density at radius 3 is 2.36 bits per heavy atom. The fraction of sp³-hybridized carbons (Fsp3) is 0.750. The molecule has 0 amide bonds. The monoisotopic (exact) mass is 203 g/mol. The molecule has 1 rings (SSSR count). The molecule has 0 aliphatic carbocycles. The molecule has 0 bridgehead atoms. The summed E-state index contributed by atoms with van der Waals surface area (Å²) in [4.78, 5) is 27.4. The second-order valence-electron chi connectivity index (χ2n) is 2.94. The summed E-state index contributed by atoms with van der Waals surface area (Å²) in [7, 11) is 4.14. The third-order valence-electron chi connectivity index (χ3n) is 2.11. The van der Waals surface area contributed by atoms with Gasteiger partial charge in [-0.2, -0.15) is 5.06 Å². The Morgan fingerprint density at radius 2 is 1.86 bits per heavy atom. The van der Waals surface area contributed by atoms with E-state index in [1.165, 1.54) is 19.3 Å². The number of ether oxygens (including phenoxy) is 2. The molecule has 1 heterocycles. The summed E-state index contributed by atoms with van der Waals surface area (Å²) < 4.78 is 9.05. The van der Waals surface area contributed by atoms with Crippen molar-refractivity contribution in [1.82, 2.24) is 5.06 Å². The average molecular weight is 203 g/mol. The second-order valence-corrected chi connectivity index (χ2v) is 2.94. The number of carbonyl (C=O) groups excluding carboxylic acids is 2. The number of hydroxylamine groups is 2. The Bertz CT molecular complexity index is 242. The number of nitrogens with zero attached hydrogens (tertiary/aromatic N) is 1. The molecular formula is C8H13NO5. The van der Waals surface area contributed by atoms with E-state index in [1.54, 1.807) is 7.05 Å². The maximum absolute atomic E-state index is 11.2. The lowest BCUT2D eigenvalue weighted by molar-refractivity contribution is -0.185. The predicted molar refractivity (Wildman–Crippen MR) is 45.1 cm³/mol. The van der Waals surface area contributed by atoms with Crippen LogP contribution in [0.2, 0.25) is 0 Å². The van der Waals surface area contributed by atoms with Crippen LogP contribution in [0.25, 0.3) is 0 Å². The first-order valence-electron chi connectivity index (χ1n) is 4.15. The zero-order chi connectivity index (χ0) is 10.7. The van der Waals surface area contributed by atoms with Gasteiger partial charge in [0.1, 0.15) is 6.04 Å². The zero-order valence-corrected chi connectivity index (χ0v) is 8.35. The van der Waals surface area contributed by atoms with Crippen molar-refractivity contribution >= 4 is 11.9 Å². The summed E-state index contributed by atoms with van der Waals surface area (Å²) >= 11 is 0. The lowest BCUT2D eigenvalue weighted by Gasteiger charge is -2.14. The molecule has 1 aliphatic rings. The highest BCUT2D eigenvalue weighted by molar-refractivity contribution is 5.80. The molecule has 0 aromatic heterocycles. The fourth-order valence-electron chi connectivity index (χ4n) is 1.32. The van der Waals surface area contributed by atoms with Gasteiger partial charge in [0, 0.05) is 13.5 Å². The van der Waals surface area contributed by atoms with Crippen LogP contribution in [0, 0.1) is 0 Å². The van der Waals surface area contributed by atoms with Crippen LogP contribution < -0.4 is 0 Å². The summed E-state index contributed by atoms with van der Waals surface area (Å²) in [5, 5.41) is 1.31. The Labute approximate surface area is 81.7 Å². The molecule has 6 nitrogen and oxygen atoms in total. The summed E-state index contributed by atoms with van der Waals surface area (Å²) in [5.74, 6) is -0.901. The molecule has 2 atom stereocenters. The molecular weight excluding hydrogens is 190 g/mol. The molecule has 0 N–H and O–H groups in total. The zero-order valence-electron chi connectivity index (χ0n) is 8.35. The maximum Gasteiger partial charge on any atom is 0.337 e. The van der Waals surface area contributed by atoms with Crippen molar-refractivity contribution in [3.05, 3.63) is 0 Å². The Morgan fingerprint density at radius 1 is 1.29 bits per heavy atom. The largest absolute Gasteiger partial charge is 0.468 e. The molecule has 0 unspecified atom stereocenters. The van der Waals surface area contributed by atoms with Gasteiger partial charge in [0.05, 0.1) is 14.2 Å². The van der Waals surface area contributed by atoms with E-state index in [-0.39, 0.29) is 6.42 Å². The SMILES string of the molecule is COC(=O)[C@@H]1C[C@H](C(=O)OC)N(C)O1. The molecule has 0 saturated carbocycles. The van der Waals surface area contributed by atoms with Gasteiger partial charge in [0.2, 0.25) is 0 Å². The Hall–Kier alpha value is -1.14. The number of likely N-dealkylation sites (N-methyl/N-ethyl adjacent to an activating group) is 1. The van der Waals surface area contributed by atoms with E-state index in [0.29, 0.717) is 0 Å². The van der Waals surface area contributed by atoms with Crippen LogP contribution >= 0.6 is 0 Å². The molecule has 0 radical (unpaired) electrons. The molecule has 6 heteroatoms. The van der Waals surface area contributed by atoms with E-state index in [0.717, 1.165) is 0 Å². The molecule has 80 valence electrons. The standard InChI is InChI=1S/C8H13NO5/c1-9-5(7(10)12-2)4-6(14-9)8(11)13-3/h5-6H,4H2,1-3H3/t5-,6+/m1/s1. The second kappa shape index (κ2) is 4.39. The van der Waals surface area contributed by atoms with E-state index in [9.17, 15) is 9.59 Å². The summed E-state index contributed by atoms with van der Waals surface area (Å²) in [6, 6.07) is -0.538. The lowest BCUT2D eigenvalue weighted by atomic mass is 10.1. The maximum atomic E-state index is 11.2. The fourth-order valence-corrected chi connectivity index (χ4v) is 1.32. The molecule has 14 heavy (non-hydrogen) atoms. The van der Waals surface area contributed by atoms with E-state index >= 15 is 0 Å². The number of rotatable bonds is 2. The van der Waals surface area contributed by atoms with Crippen LogP contribution in [0.15, 0.2) is 0 Å². The van der Waals surface area contributed by atoms with Crippen LogP contribution in [0.4, 0.5) is 0 Å². The first-order valence-corrected chi connectivity index (χ1v) is 4.15. The van der Waals surface area contributed by atoms with E-state index in [1.807, 2.05) is 0 Å². The van der Waals surface area contributed by atoms with Gasteiger partial charge in [-0.05, 0) is 0 Å². The van der Waals surface area contributed by atoms with Crippen molar-refractivity contribution in [3.63, 3.8) is 0 Å². The van der Waals surface area contributed by atoms with Crippen LogP contribution in [0.1, 0.15) is 6.42 Å². The molecule has 0 spiro atoms. The van der Waals surface area contributed by atoms with Crippen molar-refractivity contribution in [1.29, 1.82) is 0 Å². The molecule has 1 saturated heterocycles. The smallest absolute Gasteiger partial charge is 0.337 e. The van der Waals surface area contributed by atoms with E-state index in [2.05, 4.69) is 9.47 Å². The summed E-state index contributed by atoms with van der Waals surface area (Å²) in [5.41, 5.74) is 0. The van der Waals surface area contributed by atoms with Gasteiger partial charge >= 0.3 is 11.9 Å². The van der Waals surface area contributed by atoms with E-state index in [4.69, 9.17) is 4.84 Å². The van der Waals surface area contributed by atoms with Gasteiger partial charge in [-0.3, -0.25) is 9.63 Å². The molecule has 0 aromatic carbocycles. The number of hydrogen-bond donors (Lipinski definition) is 0. The van der Waals surface area contributed by atoms with Crippen LogP contribution in [0.5, 0.6) is 0 Å². The topological polar surface area (TPSA) is 65.1 Å².